The average Bonchev–Trinajstić information content (AvgIpc) is 2.98. The molecule has 0 aliphatic rings. The fraction of sp³-hybridized carbons (Fsp3) is 0.0645. The Hall–Kier alpha value is -5.18. The molecule has 0 radical (unpaired) electrons. The number of ether oxygens (including phenoxy) is 2. The molecule has 5 rings (SSSR count). The maximum atomic E-state index is 13.9. The second kappa shape index (κ2) is 14.1. The van der Waals surface area contributed by atoms with Crippen LogP contribution in [0, 0.1) is 17.5 Å². The second-order valence-corrected chi connectivity index (χ2v) is 8.32. The first kappa shape index (κ1) is 27.8. The molecule has 3 aromatic carbocycles. The van der Waals surface area contributed by atoms with Gasteiger partial charge in [-0.25, -0.2) is 13.2 Å². The van der Waals surface area contributed by atoms with Crippen LogP contribution in [0.5, 0.6) is 11.5 Å². The molecule has 5 aromatic rings. The molecular formula is C31H24F3N3O3. The summed E-state index contributed by atoms with van der Waals surface area (Å²) in [5.41, 5.74) is 1.39. The van der Waals surface area contributed by atoms with Crippen LogP contribution in [0.2, 0.25) is 0 Å². The molecule has 0 saturated carbocycles. The summed E-state index contributed by atoms with van der Waals surface area (Å²) in [6.45, 7) is 0.208. The van der Waals surface area contributed by atoms with Crippen molar-refractivity contribution in [2.24, 2.45) is 0 Å². The van der Waals surface area contributed by atoms with Gasteiger partial charge in [0, 0.05) is 34.8 Å². The number of pyridine rings is 2. The molecule has 1 N–H and O–H groups in total. The number of carbonyl (C=O) groups is 1. The molecule has 0 atom stereocenters. The van der Waals surface area contributed by atoms with Crippen molar-refractivity contribution in [1.29, 1.82) is 0 Å². The van der Waals surface area contributed by atoms with Gasteiger partial charge in [-0.3, -0.25) is 14.8 Å². The summed E-state index contributed by atoms with van der Waals surface area (Å²) in [4.78, 5) is 19.9. The van der Waals surface area contributed by atoms with E-state index in [2.05, 4.69) is 15.3 Å². The van der Waals surface area contributed by atoms with Crippen LogP contribution >= 0.6 is 0 Å². The molecule has 202 valence electrons. The van der Waals surface area contributed by atoms with Gasteiger partial charge < -0.3 is 14.8 Å². The van der Waals surface area contributed by atoms with E-state index in [0.717, 1.165) is 6.07 Å². The van der Waals surface area contributed by atoms with E-state index in [4.69, 9.17) is 9.47 Å². The summed E-state index contributed by atoms with van der Waals surface area (Å²) in [6.07, 6.45) is 6.39. The van der Waals surface area contributed by atoms with Crippen molar-refractivity contribution in [3.05, 3.63) is 150 Å². The Morgan fingerprint density at radius 1 is 0.675 bits per heavy atom. The molecule has 0 saturated heterocycles. The first-order valence-corrected chi connectivity index (χ1v) is 12.1. The number of anilines is 1. The van der Waals surface area contributed by atoms with Crippen molar-refractivity contribution in [2.45, 2.75) is 13.2 Å². The normalized spacial score (nSPS) is 10.2. The predicted octanol–water partition coefficient (Wildman–Crippen LogP) is 6.99. The Morgan fingerprint density at radius 2 is 1.32 bits per heavy atom. The number of nitrogens with zero attached hydrogens (tertiary/aromatic N) is 2. The summed E-state index contributed by atoms with van der Waals surface area (Å²) in [5, 5.41) is 2.61. The zero-order valence-electron chi connectivity index (χ0n) is 21.1. The molecule has 0 unspecified atom stereocenters. The van der Waals surface area contributed by atoms with E-state index >= 15 is 0 Å². The van der Waals surface area contributed by atoms with E-state index in [1.54, 1.807) is 61.1 Å². The molecule has 2 aromatic heterocycles. The van der Waals surface area contributed by atoms with E-state index in [0.29, 0.717) is 22.7 Å². The highest BCUT2D eigenvalue weighted by atomic mass is 19.1. The van der Waals surface area contributed by atoms with Crippen LogP contribution in [0.1, 0.15) is 21.5 Å². The van der Waals surface area contributed by atoms with E-state index in [9.17, 15) is 18.0 Å². The molecule has 1 amide bonds. The third-order valence-corrected chi connectivity index (χ3v) is 5.41. The van der Waals surface area contributed by atoms with E-state index < -0.39 is 17.5 Å². The van der Waals surface area contributed by atoms with Gasteiger partial charge in [-0.1, -0.05) is 24.3 Å². The van der Waals surface area contributed by atoms with E-state index in [1.807, 2.05) is 0 Å². The van der Waals surface area contributed by atoms with Crippen LogP contribution < -0.4 is 14.8 Å². The smallest absolute Gasteiger partial charge is 0.255 e. The minimum absolute atomic E-state index is 0.0127. The van der Waals surface area contributed by atoms with Crippen molar-refractivity contribution >= 4 is 11.6 Å². The Bertz CT molecular complexity index is 1540. The minimum atomic E-state index is -0.502. The fourth-order valence-corrected chi connectivity index (χ4v) is 3.40. The van der Waals surface area contributed by atoms with Crippen LogP contribution in [0.4, 0.5) is 18.9 Å². The molecule has 0 aliphatic heterocycles. The number of nitrogens with one attached hydrogen (secondary N) is 1. The summed E-state index contributed by atoms with van der Waals surface area (Å²) in [7, 11) is 0. The quantitative estimate of drug-likeness (QED) is 0.228. The van der Waals surface area contributed by atoms with E-state index in [-0.39, 0.29) is 30.2 Å². The van der Waals surface area contributed by atoms with E-state index in [1.165, 1.54) is 48.7 Å². The summed E-state index contributed by atoms with van der Waals surface area (Å²) >= 11 is 0. The summed E-state index contributed by atoms with van der Waals surface area (Å²) in [6, 6.07) is 23.0. The van der Waals surface area contributed by atoms with Gasteiger partial charge in [-0.05, 0) is 66.7 Å². The molecule has 40 heavy (non-hydrogen) atoms. The molecule has 0 spiro atoms. The number of aromatic nitrogens is 2. The van der Waals surface area contributed by atoms with Crippen molar-refractivity contribution in [3.8, 4) is 11.5 Å². The number of benzene rings is 3. The van der Waals surface area contributed by atoms with Gasteiger partial charge in [0.15, 0.2) is 0 Å². The zero-order chi connectivity index (χ0) is 28.2. The zero-order valence-corrected chi connectivity index (χ0v) is 21.1. The molecular weight excluding hydrogens is 519 g/mol. The lowest BCUT2D eigenvalue weighted by Crippen LogP contribution is -2.12. The van der Waals surface area contributed by atoms with Gasteiger partial charge in [0.05, 0.1) is 12.4 Å². The van der Waals surface area contributed by atoms with Crippen molar-refractivity contribution in [3.63, 3.8) is 0 Å². The highest BCUT2D eigenvalue weighted by Crippen LogP contribution is 2.19. The first-order chi connectivity index (χ1) is 19.5. The maximum Gasteiger partial charge on any atom is 0.255 e. The van der Waals surface area contributed by atoms with Gasteiger partial charge >= 0.3 is 0 Å². The standard InChI is InChI=1S/C19H14F2N2O2.C12H10FNO/c20-15-4-1-3-13(9-15)19(24)23-16-6-7-18(21)14(10-16)12-25-17-5-2-8-22-11-17;13-12-6-2-1-4-10(12)9-15-11-5-3-7-14-8-11/h1-11H,12H2,(H,23,24);1-8H,9H2. The molecule has 2 heterocycles. The highest BCUT2D eigenvalue weighted by Gasteiger charge is 2.10. The van der Waals surface area contributed by atoms with Gasteiger partial charge in [-0.2, -0.15) is 0 Å². The minimum Gasteiger partial charge on any atom is -0.487 e. The predicted molar refractivity (Wildman–Crippen MR) is 144 cm³/mol. The Balaban J connectivity index is 0.000000210. The van der Waals surface area contributed by atoms with Gasteiger partial charge in [0.25, 0.3) is 5.91 Å². The fourth-order valence-electron chi connectivity index (χ4n) is 3.40. The SMILES string of the molecule is Fc1ccccc1COc1cccnc1.O=C(Nc1ccc(F)c(COc2cccnc2)c1)c1cccc(F)c1. The lowest BCUT2D eigenvalue weighted by molar-refractivity contribution is 0.102. The van der Waals surface area contributed by atoms with Crippen molar-refractivity contribution in [1.82, 2.24) is 9.97 Å². The van der Waals surface area contributed by atoms with Crippen LogP contribution in [0.3, 0.4) is 0 Å². The summed E-state index contributed by atoms with van der Waals surface area (Å²) < 4.78 is 51.2. The van der Waals surface area contributed by atoms with Gasteiger partial charge in [-0.15, -0.1) is 0 Å². The second-order valence-electron chi connectivity index (χ2n) is 8.32. The topological polar surface area (TPSA) is 73.3 Å². The Labute approximate surface area is 229 Å². The number of hydrogen-bond acceptors (Lipinski definition) is 5. The first-order valence-electron chi connectivity index (χ1n) is 12.1. The van der Waals surface area contributed by atoms with Crippen LogP contribution in [-0.2, 0) is 13.2 Å². The molecule has 0 fully saturated rings. The molecule has 0 aliphatic carbocycles. The van der Waals surface area contributed by atoms with Gasteiger partial charge in [0.1, 0.15) is 42.2 Å². The Morgan fingerprint density at radius 3 is 1.95 bits per heavy atom. The van der Waals surface area contributed by atoms with Crippen LogP contribution in [0.25, 0.3) is 0 Å². The summed E-state index contributed by atoms with van der Waals surface area (Å²) in [5.74, 6) is -0.534. The lowest BCUT2D eigenvalue weighted by atomic mass is 10.1. The van der Waals surface area contributed by atoms with Crippen molar-refractivity contribution in [2.75, 3.05) is 5.32 Å². The third-order valence-electron chi connectivity index (χ3n) is 5.41. The Kier molecular flexibility index (Phi) is 9.82. The van der Waals surface area contributed by atoms with Crippen LogP contribution in [0.15, 0.2) is 116 Å². The molecule has 0 bridgehead atoms. The van der Waals surface area contributed by atoms with Gasteiger partial charge in [0.2, 0.25) is 0 Å². The number of carbonyl (C=O) groups excluding carboxylic acids is 1. The lowest BCUT2D eigenvalue weighted by Gasteiger charge is -2.10. The third kappa shape index (κ3) is 8.42. The highest BCUT2D eigenvalue weighted by molar-refractivity contribution is 6.04. The van der Waals surface area contributed by atoms with Crippen molar-refractivity contribution < 1.29 is 27.4 Å². The number of halogens is 3. The molecule has 6 nitrogen and oxygen atoms in total. The monoisotopic (exact) mass is 543 g/mol. The average molecular weight is 544 g/mol. The number of hydrogen-bond donors (Lipinski definition) is 1. The largest absolute Gasteiger partial charge is 0.487 e. The number of rotatable bonds is 8. The van der Waals surface area contributed by atoms with Crippen LogP contribution in [-0.4, -0.2) is 15.9 Å². The number of amides is 1. The maximum absolute atomic E-state index is 13.9. The molecule has 9 heteroatoms.